The fraction of sp³-hybridized carbons (Fsp3) is 0.500. The number of aryl methyl sites for hydroxylation is 1. The van der Waals surface area contributed by atoms with E-state index in [4.69, 9.17) is 0 Å². The molecular weight excluding hydrogens is 252 g/mol. The largest absolute Gasteiger partial charge is 0.347 e. The van der Waals surface area contributed by atoms with Gasteiger partial charge in [-0.25, -0.2) is 0 Å². The lowest BCUT2D eigenvalue weighted by Crippen LogP contribution is -2.49. The summed E-state index contributed by atoms with van der Waals surface area (Å²) in [6, 6.07) is 7.79. The van der Waals surface area contributed by atoms with Gasteiger partial charge in [0.1, 0.15) is 6.04 Å². The van der Waals surface area contributed by atoms with Gasteiger partial charge in [-0.3, -0.25) is 9.59 Å². The Bertz CT molecular complexity index is 511. The molecule has 0 saturated heterocycles. The summed E-state index contributed by atoms with van der Waals surface area (Å²) in [5.74, 6) is -0.210. The first-order chi connectivity index (χ1) is 9.49. The molecule has 0 fully saturated rings. The highest BCUT2D eigenvalue weighted by Crippen LogP contribution is 2.30. The lowest BCUT2D eigenvalue weighted by Gasteiger charge is -2.23. The van der Waals surface area contributed by atoms with Crippen molar-refractivity contribution in [3.05, 3.63) is 35.4 Å². The number of carbonyl (C=O) groups excluding carboxylic acids is 2. The number of benzene rings is 1. The second-order valence-corrected chi connectivity index (χ2v) is 5.72. The number of amides is 2. The van der Waals surface area contributed by atoms with E-state index in [9.17, 15) is 9.59 Å². The fourth-order valence-corrected chi connectivity index (χ4v) is 2.72. The lowest BCUT2D eigenvalue weighted by molar-refractivity contribution is -0.129. The quantitative estimate of drug-likeness (QED) is 0.881. The molecule has 1 aliphatic rings. The van der Waals surface area contributed by atoms with Gasteiger partial charge in [-0.15, -0.1) is 0 Å². The zero-order chi connectivity index (χ0) is 14.7. The van der Waals surface area contributed by atoms with Crippen molar-refractivity contribution in [2.75, 3.05) is 0 Å². The van der Waals surface area contributed by atoms with E-state index in [1.54, 1.807) is 0 Å². The summed E-state index contributed by atoms with van der Waals surface area (Å²) >= 11 is 0. The second kappa shape index (κ2) is 6.07. The predicted octanol–water partition coefficient (Wildman–Crippen LogP) is 1.95. The van der Waals surface area contributed by atoms with Crippen LogP contribution in [0.2, 0.25) is 0 Å². The molecule has 4 heteroatoms. The fourth-order valence-electron chi connectivity index (χ4n) is 2.72. The summed E-state index contributed by atoms with van der Waals surface area (Å²) in [5.41, 5.74) is 2.50. The van der Waals surface area contributed by atoms with E-state index in [1.807, 2.05) is 26.0 Å². The van der Waals surface area contributed by atoms with Crippen LogP contribution in [0.4, 0.5) is 0 Å². The van der Waals surface area contributed by atoms with Crippen molar-refractivity contribution in [2.24, 2.45) is 5.92 Å². The smallest absolute Gasteiger partial charge is 0.243 e. The maximum Gasteiger partial charge on any atom is 0.243 e. The first-order valence-corrected chi connectivity index (χ1v) is 7.14. The Morgan fingerprint density at radius 1 is 1.25 bits per heavy atom. The molecule has 1 aromatic rings. The van der Waals surface area contributed by atoms with Gasteiger partial charge in [0.05, 0.1) is 6.04 Å². The molecule has 108 valence electrons. The number of hydrogen-bond acceptors (Lipinski definition) is 2. The van der Waals surface area contributed by atoms with Crippen LogP contribution in [0.1, 0.15) is 44.4 Å². The predicted molar refractivity (Wildman–Crippen MR) is 78.1 cm³/mol. The first kappa shape index (κ1) is 14.6. The Morgan fingerprint density at radius 3 is 2.60 bits per heavy atom. The molecule has 0 unspecified atom stereocenters. The van der Waals surface area contributed by atoms with E-state index < -0.39 is 6.04 Å². The lowest BCUT2D eigenvalue weighted by atomic mass is 10.0. The molecule has 2 amide bonds. The van der Waals surface area contributed by atoms with E-state index in [-0.39, 0.29) is 23.8 Å². The Morgan fingerprint density at radius 2 is 1.95 bits per heavy atom. The molecule has 2 N–H and O–H groups in total. The highest BCUT2D eigenvalue weighted by Gasteiger charge is 2.28. The van der Waals surface area contributed by atoms with Gasteiger partial charge in [0.15, 0.2) is 0 Å². The van der Waals surface area contributed by atoms with Crippen LogP contribution in [-0.4, -0.2) is 17.9 Å². The zero-order valence-corrected chi connectivity index (χ0v) is 12.3. The standard InChI is InChI=1S/C16H22N2O2/c1-10(2)15(17-11(3)19)16(20)18-14-9-8-12-6-4-5-7-13(12)14/h4-7,10,14-15H,8-9H2,1-3H3,(H,17,19)(H,18,20)/t14-,15-/m1/s1. The van der Waals surface area contributed by atoms with Gasteiger partial charge in [0, 0.05) is 6.92 Å². The summed E-state index contributed by atoms with van der Waals surface area (Å²) in [4.78, 5) is 23.6. The second-order valence-electron chi connectivity index (χ2n) is 5.72. The molecule has 2 atom stereocenters. The average Bonchev–Trinajstić information content (AvgIpc) is 2.79. The Hall–Kier alpha value is -1.84. The number of nitrogens with one attached hydrogen (secondary N) is 2. The van der Waals surface area contributed by atoms with Crippen molar-refractivity contribution in [1.82, 2.24) is 10.6 Å². The van der Waals surface area contributed by atoms with Crippen LogP contribution in [0.5, 0.6) is 0 Å². The molecule has 0 radical (unpaired) electrons. The highest BCUT2D eigenvalue weighted by molar-refractivity contribution is 5.87. The van der Waals surface area contributed by atoms with Gasteiger partial charge in [-0.2, -0.15) is 0 Å². The van der Waals surface area contributed by atoms with E-state index in [2.05, 4.69) is 22.8 Å². The van der Waals surface area contributed by atoms with Gasteiger partial charge in [-0.1, -0.05) is 38.1 Å². The van der Waals surface area contributed by atoms with Crippen LogP contribution in [0.25, 0.3) is 0 Å². The molecule has 4 nitrogen and oxygen atoms in total. The molecule has 0 saturated carbocycles. The van der Waals surface area contributed by atoms with E-state index >= 15 is 0 Å². The normalized spacial score (nSPS) is 18.5. The van der Waals surface area contributed by atoms with Gasteiger partial charge >= 0.3 is 0 Å². The van der Waals surface area contributed by atoms with E-state index in [1.165, 1.54) is 18.1 Å². The molecule has 0 spiro atoms. The van der Waals surface area contributed by atoms with Crippen molar-refractivity contribution in [2.45, 2.75) is 45.7 Å². The Kier molecular flexibility index (Phi) is 4.42. The summed E-state index contributed by atoms with van der Waals surface area (Å²) in [6.07, 6.45) is 1.92. The molecular formula is C16H22N2O2. The molecule has 0 bridgehead atoms. The maximum absolute atomic E-state index is 12.4. The third-order valence-corrected chi connectivity index (χ3v) is 3.76. The van der Waals surface area contributed by atoms with Crippen LogP contribution < -0.4 is 10.6 Å². The topological polar surface area (TPSA) is 58.2 Å². The molecule has 0 aromatic heterocycles. The average molecular weight is 274 g/mol. The van der Waals surface area contributed by atoms with Gasteiger partial charge < -0.3 is 10.6 Å². The Labute approximate surface area is 119 Å². The third-order valence-electron chi connectivity index (χ3n) is 3.76. The minimum absolute atomic E-state index is 0.0636. The van der Waals surface area contributed by atoms with E-state index in [0.717, 1.165) is 12.8 Å². The molecule has 0 heterocycles. The third kappa shape index (κ3) is 3.18. The first-order valence-electron chi connectivity index (χ1n) is 7.14. The monoisotopic (exact) mass is 274 g/mol. The molecule has 2 rings (SSSR count). The van der Waals surface area contributed by atoms with Crippen molar-refractivity contribution in [1.29, 1.82) is 0 Å². The van der Waals surface area contributed by atoms with Gasteiger partial charge in [0.2, 0.25) is 11.8 Å². The number of carbonyl (C=O) groups is 2. The molecule has 0 aliphatic heterocycles. The summed E-state index contributed by atoms with van der Waals surface area (Å²) in [6.45, 7) is 5.30. The minimum Gasteiger partial charge on any atom is -0.347 e. The zero-order valence-electron chi connectivity index (χ0n) is 12.3. The minimum atomic E-state index is -0.472. The number of hydrogen-bond donors (Lipinski definition) is 2. The Balaban J connectivity index is 2.06. The van der Waals surface area contributed by atoms with Crippen molar-refractivity contribution >= 4 is 11.8 Å². The van der Waals surface area contributed by atoms with Gasteiger partial charge in [0.25, 0.3) is 0 Å². The number of fused-ring (bicyclic) bond motifs is 1. The summed E-state index contributed by atoms with van der Waals surface area (Å²) < 4.78 is 0. The molecule has 1 aromatic carbocycles. The van der Waals surface area contributed by atoms with Crippen LogP contribution in [0.15, 0.2) is 24.3 Å². The van der Waals surface area contributed by atoms with Crippen molar-refractivity contribution in [3.8, 4) is 0 Å². The molecule has 20 heavy (non-hydrogen) atoms. The van der Waals surface area contributed by atoms with Crippen molar-refractivity contribution < 1.29 is 9.59 Å². The number of rotatable bonds is 4. The van der Waals surface area contributed by atoms with Crippen LogP contribution in [-0.2, 0) is 16.0 Å². The van der Waals surface area contributed by atoms with Crippen molar-refractivity contribution in [3.63, 3.8) is 0 Å². The SMILES string of the molecule is CC(=O)N[C@@H](C(=O)N[C@@H]1CCc2ccccc21)C(C)C. The maximum atomic E-state index is 12.4. The van der Waals surface area contributed by atoms with E-state index in [0.29, 0.717) is 0 Å². The highest BCUT2D eigenvalue weighted by atomic mass is 16.2. The summed E-state index contributed by atoms with van der Waals surface area (Å²) in [5, 5.41) is 5.79. The van der Waals surface area contributed by atoms with Crippen LogP contribution >= 0.6 is 0 Å². The van der Waals surface area contributed by atoms with Crippen LogP contribution in [0.3, 0.4) is 0 Å². The van der Waals surface area contributed by atoms with Crippen LogP contribution in [0, 0.1) is 5.92 Å². The molecule has 1 aliphatic carbocycles. The summed E-state index contributed by atoms with van der Waals surface area (Å²) in [7, 11) is 0. The van der Waals surface area contributed by atoms with Gasteiger partial charge in [-0.05, 0) is 29.9 Å².